The van der Waals surface area contributed by atoms with Crippen LogP contribution in [0.25, 0.3) is 0 Å². The van der Waals surface area contributed by atoms with Crippen LogP contribution in [0.4, 0.5) is 19.1 Å². The van der Waals surface area contributed by atoms with E-state index in [1.807, 2.05) is 18.2 Å². The predicted molar refractivity (Wildman–Crippen MR) is 124 cm³/mol. The summed E-state index contributed by atoms with van der Waals surface area (Å²) in [7, 11) is -2.15. The van der Waals surface area contributed by atoms with Crippen LogP contribution in [0, 0.1) is 5.92 Å². The molecule has 0 saturated carbocycles. The molecule has 1 aliphatic heterocycles. The first-order chi connectivity index (χ1) is 15.9. The molecule has 2 aliphatic rings. The Hall–Kier alpha value is -2.21. The number of benzene rings is 1. The highest BCUT2D eigenvalue weighted by atomic mass is 79.9. The molecule has 1 amide bonds. The van der Waals surface area contributed by atoms with Gasteiger partial charge in [0.15, 0.2) is 6.04 Å². The van der Waals surface area contributed by atoms with Crippen molar-refractivity contribution in [1.82, 2.24) is 14.9 Å². The number of nitrogens with zero attached hydrogens (tertiary/aromatic N) is 3. The van der Waals surface area contributed by atoms with Crippen molar-refractivity contribution in [3.63, 3.8) is 0 Å². The molecule has 12 heteroatoms. The highest BCUT2D eigenvalue weighted by molar-refractivity contribution is 9.10. The van der Waals surface area contributed by atoms with Gasteiger partial charge in [0, 0.05) is 41.4 Å². The average molecular weight is 561 g/mol. The van der Waals surface area contributed by atoms with Crippen LogP contribution >= 0.6 is 15.9 Å². The third-order valence-corrected chi connectivity index (χ3v) is 8.58. The summed E-state index contributed by atoms with van der Waals surface area (Å²) in [5.41, 5.74) is 2.14. The van der Waals surface area contributed by atoms with E-state index < -0.39 is 33.9 Å². The van der Waals surface area contributed by atoms with Crippen LogP contribution in [0.3, 0.4) is 0 Å². The van der Waals surface area contributed by atoms with E-state index in [9.17, 15) is 26.4 Å². The highest BCUT2D eigenvalue weighted by Crippen LogP contribution is 2.38. The van der Waals surface area contributed by atoms with Crippen LogP contribution in [0.1, 0.15) is 35.6 Å². The molecule has 1 N–H and O–H groups in total. The number of rotatable bonds is 5. The second-order valence-corrected chi connectivity index (χ2v) is 12.0. The number of anilines is 1. The second-order valence-electron chi connectivity index (χ2n) is 8.82. The van der Waals surface area contributed by atoms with Gasteiger partial charge in [-0.15, -0.1) is 0 Å². The minimum atomic E-state index is -4.75. The third-order valence-electron chi connectivity index (χ3n) is 6.37. The summed E-state index contributed by atoms with van der Waals surface area (Å²) in [5.74, 6) is -1.66. The Morgan fingerprint density at radius 1 is 1.15 bits per heavy atom. The molecule has 34 heavy (non-hydrogen) atoms. The summed E-state index contributed by atoms with van der Waals surface area (Å²) < 4.78 is 66.1. The molecule has 2 atom stereocenters. The van der Waals surface area contributed by atoms with Crippen molar-refractivity contribution < 1.29 is 26.4 Å². The Bertz CT molecular complexity index is 1160. The summed E-state index contributed by atoms with van der Waals surface area (Å²) >= 11 is 3.45. The molecule has 2 aromatic rings. The van der Waals surface area contributed by atoms with Crippen molar-refractivity contribution in [1.29, 1.82) is 0 Å². The van der Waals surface area contributed by atoms with Crippen LogP contribution in [-0.4, -0.2) is 60.0 Å². The average Bonchev–Trinajstić information content (AvgIpc) is 3.15. The molecule has 0 radical (unpaired) electrons. The number of hydrogen-bond acceptors (Lipinski definition) is 6. The number of carbonyl (C=O) groups is 1. The van der Waals surface area contributed by atoms with Crippen molar-refractivity contribution in [2.24, 2.45) is 5.92 Å². The Morgan fingerprint density at radius 3 is 2.38 bits per heavy atom. The molecule has 1 aromatic heterocycles. The Morgan fingerprint density at radius 2 is 1.76 bits per heavy atom. The summed E-state index contributed by atoms with van der Waals surface area (Å²) in [6.07, 6.45) is -1.02. The number of hydrogen-bond donors (Lipinski definition) is 1. The number of nitrogens with one attached hydrogen (secondary N) is 1. The maximum absolute atomic E-state index is 14.0. The maximum Gasteiger partial charge on any atom is 0.413 e. The van der Waals surface area contributed by atoms with Crippen LogP contribution in [-0.2, 0) is 27.5 Å². The van der Waals surface area contributed by atoms with Gasteiger partial charge < -0.3 is 10.2 Å². The zero-order chi connectivity index (χ0) is 24.7. The normalized spacial score (nSPS) is 21.0. The molecule has 2 heterocycles. The van der Waals surface area contributed by atoms with Crippen LogP contribution in [0.15, 0.2) is 35.1 Å². The first kappa shape index (κ1) is 24.9. The number of sulfone groups is 1. The Kier molecular flexibility index (Phi) is 6.92. The molecule has 1 fully saturated rings. The molecule has 4 rings (SSSR count). The van der Waals surface area contributed by atoms with Crippen molar-refractivity contribution in [3.05, 3.63) is 51.8 Å². The van der Waals surface area contributed by atoms with Crippen molar-refractivity contribution in [2.45, 2.75) is 43.9 Å². The summed E-state index contributed by atoms with van der Waals surface area (Å²) in [5, 5.41) is 3.17. The fraction of sp³-hybridized carbons (Fsp3) is 0.500. The van der Waals surface area contributed by atoms with Gasteiger partial charge >= 0.3 is 6.18 Å². The van der Waals surface area contributed by atoms with Gasteiger partial charge in [-0.2, -0.15) is 13.2 Å². The van der Waals surface area contributed by atoms with E-state index in [2.05, 4.69) is 31.2 Å². The minimum absolute atomic E-state index is 0.0236. The Labute approximate surface area is 204 Å². The lowest BCUT2D eigenvalue weighted by molar-refractivity contribution is -0.190. The fourth-order valence-electron chi connectivity index (χ4n) is 4.61. The van der Waals surface area contributed by atoms with Gasteiger partial charge in [-0.3, -0.25) is 4.79 Å². The van der Waals surface area contributed by atoms with Gasteiger partial charge in [-0.1, -0.05) is 22.0 Å². The van der Waals surface area contributed by atoms with Crippen molar-refractivity contribution in [2.75, 3.05) is 23.9 Å². The first-order valence-electron chi connectivity index (χ1n) is 10.8. The van der Waals surface area contributed by atoms with E-state index in [1.165, 1.54) is 11.1 Å². The smallest absolute Gasteiger partial charge is 0.351 e. The van der Waals surface area contributed by atoms with Crippen LogP contribution in [0.2, 0.25) is 0 Å². The number of amides is 1. The monoisotopic (exact) mass is 560 g/mol. The lowest BCUT2D eigenvalue weighted by Crippen LogP contribution is -2.44. The van der Waals surface area contributed by atoms with Gasteiger partial charge in [-0.25, -0.2) is 18.4 Å². The summed E-state index contributed by atoms with van der Waals surface area (Å²) in [6.45, 7) is 0. The van der Waals surface area contributed by atoms with Gasteiger partial charge in [0.05, 0.1) is 11.5 Å². The van der Waals surface area contributed by atoms with Crippen LogP contribution < -0.4 is 5.32 Å². The van der Waals surface area contributed by atoms with E-state index >= 15 is 0 Å². The van der Waals surface area contributed by atoms with E-state index in [0.717, 1.165) is 36.8 Å². The van der Waals surface area contributed by atoms with Gasteiger partial charge in [0.25, 0.3) is 0 Å². The van der Waals surface area contributed by atoms with E-state index in [1.54, 1.807) is 0 Å². The maximum atomic E-state index is 14.0. The molecule has 1 saturated heterocycles. The molecule has 2 unspecified atom stereocenters. The van der Waals surface area contributed by atoms with E-state index in [-0.39, 0.29) is 41.9 Å². The predicted octanol–water partition coefficient (Wildman–Crippen LogP) is 3.71. The molecule has 184 valence electrons. The summed E-state index contributed by atoms with van der Waals surface area (Å²) in [4.78, 5) is 21.6. The topological polar surface area (TPSA) is 92.3 Å². The second kappa shape index (κ2) is 9.44. The fourth-order valence-corrected chi connectivity index (χ4v) is 6.51. The van der Waals surface area contributed by atoms with Crippen LogP contribution in [0.5, 0.6) is 0 Å². The molecular weight excluding hydrogens is 537 g/mol. The molecule has 0 spiro atoms. The molecule has 7 nitrogen and oxygen atoms in total. The van der Waals surface area contributed by atoms with Gasteiger partial charge in [0.1, 0.15) is 9.84 Å². The largest absolute Gasteiger partial charge is 0.413 e. The van der Waals surface area contributed by atoms with Gasteiger partial charge in [-0.05, 0) is 48.9 Å². The quantitative estimate of drug-likeness (QED) is 0.599. The third kappa shape index (κ3) is 5.54. The molecular formula is C22H24BrF3N4O3S. The van der Waals surface area contributed by atoms with Gasteiger partial charge in [0.2, 0.25) is 11.9 Å². The number of aromatic nitrogens is 2. The number of alkyl halides is 3. The zero-order valence-electron chi connectivity index (χ0n) is 18.3. The molecule has 1 aliphatic carbocycles. The zero-order valence-corrected chi connectivity index (χ0v) is 20.8. The lowest BCUT2D eigenvalue weighted by atomic mass is 9.99. The molecule has 1 aromatic carbocycles. The Balaban J connectivity index is 1.45. The summed E-state index contributed by atoms with van der Waals surface area (Å²) in [6, 6.07) is 3.85. The number of halogens is 4. The van der Waals surface area contributed by atoms with E-state index in [4.69, 9.17) is 0 Å². The van der Waals surface area contributed by atoms with Crippen molar-refractivity contribution >= 4 is 37.6 Å². The minimum Gasteiger partial charge on any atom is -0.351 e. The van der Waals surface area contributed by atoms with Crippen molar-refractivity contribution in [3.8, 4) is 0 Å². The number of fused-ring (bicyclic) bond motifs is 1. The number of carbonyl (C=O) groups excluding carboxylic acids is 1. The SMILES string of the molecule is CN(C(=O)C1CCS(=O)(=O)CC1)C(c1cnc(NC2Cc3ccc(Br)cc3C2)nc1)C(F)(F)F. The first-order valence-corrected chi connectivity index (χ1v) is 13.4. The highest BCUT2D eigenvalue weighted by Gasteiger charge is 2.47. The standard InChI is InChI=1S/C22H24BrF3N4O3S/c1-30(20(31)13-4-6-34(32,33)7-5-13)19(22(24,25)26)16-11-27-21(28-12-16)29-18-9-14-2-3-17(23)8-15(14)10-18/h2-3,8,11-13,18-19H,4-7,9-10H2,1H3,(H,27,28,29). The van der Waals surface area contributed by atoms with E-state index in [0.29, 0.717) is 4.90 Å². The lowest BCUT2D eigenvalue weighted by Gasteiger charge is -2.33. The molecule has 0 bridgehead atoms.